The highest BCUT2D eigenvalue weighted by atomic mass is 32.1. The van der Waals surface area contributed by atoms with E-state index in [1.54, 1.807) is 11.3 Å². The Hall–Kier alpha value is -0.640. The van der Waals surface area contributed by atoms with Crippen molar-refractivity contribution in [3.8, 4) is 0 Å². The van der Waals surface area contributed by atoms with Crippen LogP contribution in [0.2, 0.25) is 0 Å². The third kappa shape index (κ3) is 3.44. The Bertz CT molecular complexity index is 384. The molecule has 0 amide bonds. The summed E-state index contributed by atoms with van der Waals surface area (Å²) in [5.74, 6) is 0.650. The van der Waals surface area contributed by atoms with Crippen molar-refractivity contribution < 1.29 is 0 Å². The van der Waals surface area contributed by atoms with Gasteiger partial charge in [-0.15, -0.1) is 10.2 Å². The predicted molar refractivity (Wildman–Crippen MR) is 78.1 cm³/mol. The second-order valence-corrected chi connectivity index (χ2v) is 7.59. The van der Waals surface area contributed by atoms with Crippen LogP contribution in [0.3, 0.4) is 0 Å². The van der Waals surface area contributed by atoms with Gasteiger partial charge in [0.1, 0.15) is 5.01 Å². The summed E-state index contributed by atoms with van der Waals surface area (Å²) in [5, 5.41) is 14.3. The summed E-state index contributed by atoms with van der Waals surface area (Å²) in [6, 6.07) is 0.547. The Morgan fingerprint density at radius 2 is 2.11 bits per heavy atom. The van der Waals surface area contributed by atoms with Crippen LogP contribution in [0.25, 0.3) is 0 Å². The van der Waals surface area contributed by atoms with E-state index in [9.17, 15) is 0 Å². The molecule has 0 aliphatic heterocycles. The van der Waals surface area contributed by atoms with Crippen molar-refractivity contribution in [1.29, 1.82) is 0 Å². The van der Waals surface area contributed by atoms with Crippen LogP contribution in [0.4, 0.5) is 5.13 Å². The van der Waals surface area contributed by atoms with Crippen molar-refractivity contribution in [2.45, 2.75) is 65.8 Å². The van der Waals surface area contributed by atoms with E-state index < -0.39 is 0 Å². The number of rotatable bonds is 4. The maximum absolute atomic E-state index is 4.29. The molecule has 1 N–H and O–H groups in total. The van der Waals surface area contributed by atoms with Crippen LogP contribution in [0.15, 0.2) is 0 Å². The molecule has 0 spiro atoms. The van der Waals surface area contributed by atoms with Crippen LogP contribution < -0.4 is 5.32 Å². The summed E-state index contributed by atoms with van der Waals surface area (Å²) >= 11 is 1.72. The fourth-order valence-corrected chi connectivity index (χ4v) is 3.66. The van der Waals surface area contributed by atoms with E-state index in [0.29, 0.717) is 17.4 Å². The molecule has 18 heavy (non-hydrogen) atoms. The number of nitrogens with one attached hydrogen (secondary N) is 1. The van der Waals surface area contributed by atoms with Gasteiger partial charge in [0.2, 0.25) is 5.13 Å². The smallest absolute Gasteiger partial charge is 0.205 e. The first kappa shape index (κ1) is 13.8. The zero-order chi connectivity index (χ0) is 13.2. The molecule has 102 valence electrons. The van der Waals surface area contributed by atoms with Gasteiger partial charge in [-0.05, 0) is 24.2 Å². The molecule has 0 saturated heterocycles. The Morgan fingerprint density at radius 1 is 1.33 bits per heavy atom. The van der Waals surface area contributed by atoms with Gasteiger partial charge < -0.3 is 5.32 Å². The first-order valence-electron chi connectivity index (χ1n) is 7.06. The number of hydrogen-bond acceptors (Lipinski definition) is 4. The third-order valence-corrected chi connectivity index (χ3v) is 4.73. The van der Waals surface area contributed by atoms with Crippen molar-refractivity contribution in [2.24, 2.45) is 11.3 Å². The molecule has 1 heterocycles. The van der Waals surface area contributed by atoms with Crippen LogP contribution in [0.1, 0.15) is 58.4 Å². The summed E-state index contributed by atoms with van der Waals surface area (Å²) in [7, 11) is 0. The zero-order valence-corrected chi connectivity index (χ0v) is 12.8. The lowest BCUT2D eigenvalue weighted by Crippen LogP contribution is -2.38. The van der Waals surface area contributed by atoms with E-state index in [1.807, 2.05) is 0 Å². The highest BCUT2D eigenvalue weighted by Crippen LogP contribution is 2.37. The molecule has 3 nitrogen and oxygen atoms in total. The normalized spacial score (nSPS) is 23.3. The standard InChI is InChI=1S/C14H25N3S/c1-10(2)9-12-16-17-13(18-12)15-11-7-5-6-8-14(11,3)4/h10-11H,5-9H2,1-4H3,(H,15,17). The Labute approximate surface area is 114 Å². The van der Waals surface area contributed by atoms with Crippen LogP contribution in [-0.4, -0.2) is 16.2 Å². The fraction of sp³-hybridized carbons (Fsp3) is 0.857. The van der Waals surface area contributed by atoms with Gasteiger partial charge in [0.15, 0.2) is 0 Å². The molecular formula is C14H25N3S. The minimum absolute atomic E-state index is 0.377. The van der Waals surface area contributed by atoms with Gasteiger partial charge in [-0.2, -0.15) is 0 Å². The topological polar surface area (TPSA) is 37.8 Å². The fourth-order valence-electron chi connectivity index (χ4n) is 2.65. The lowest BCUT2D eigenvalue weighted by Gasteiger charge is -2.38. The molecule has 1 aromatic heterocycles. The highest BCUT2D eigenvalue weighted by Gasteiger charge is 2.32. The molecular weight excluding hydrogens is 242 g/mol. The van der Waals surface area contributed by atoms with Gasteiger partial charge >= 0.3 is 0 Å². The van der Waals surface area contributed by atoms with Gasteiger partial charge in [0, 0.05) is 12.5 Å². The van der Waals surface area contributed by atoms with Crippen molar-refractivity contribution in [1.82, 2.24) is 10.2 Å². The average molecular weight is 267 g/mol. The minimum Gasteiger partial charge on any atom is -0.357 e. The summed E-state index contributed by atoms with van der Waals surface area (Å²) in [4.78, 5) is 0. The van der Waals surface area contributed by atoms with Crippen molar-refractivity contribution in [2.75, 3.05) is 5.32 Å². The second kappa shape index (κ2) is 5.55. The summed E-state index contributed by atoms with van der Waals surface area (Å²) in [5.41, 5.74) is 0.377. The van der Waals surface area contributed by atoms with E-state index in [2.05, 4.69) is 43.2 Å². The molecule has 1 aliphatic rings. The summed E-state index contributed by atoms with van der Waals surface area (Å²) < 4.78 is 0. The second-order valence-electron chi connectivity index (χ2n) is 6.53. The number of anilines is 1. The monoisotopic (exact) mass is 267 g/mol. The molecule has 4 heteroatoms. The largest absolute Gasteiger partial charge is 0.357 e. The molecule has 0 bridgehead atoms. The van der Waals surface area contributed by atoms with Crippen LogP contribution in [0.5, 0.6) is 0 Å². The van der Waals surface area contributed by atoms with Crippen LogP contribution >= 0.6 is 11.3 Å². The van der Waals surface area contributed by atoms with Crippen LogP contribution in [-0.2, 0) is 6.42 Å². The van der Waals surface area contributed by atoms with E-state index in [4.69, 9.17) is 0 Å². The minimum atomic E-state index is 0.377. The molecule has 1 saturated carbocycles. The van der Waals surface area contributed by atoms with Crippen molar-refractivity contribution >= 4 is 16.5 Å². The maximum atomic E-state index is 4.29. The lowest BCUT2D eigenvalue weighted by molar-refractivity contribution is 0.217. The zero-order valence-electron chi connectivity index (χ0n) is 12.0. The van der Waals surface area contributed by atoms with Gasteiger partial charge in [-0.1, -0.05) is 51.9 Å². The van der Waals surface area contributed by atoms with E-state index in [1.165, 1.54) is 25.7 Å². The Balaban J connectivity index is 1.98. The van der Waals surface area contributed by atoms with E-state index in [-0.39, 0.29) is 0 Å². The van der Waals surface area contributed by atoms with Gasteiger partial charge in [0.05, 0.1) is 0 Å². The quantitative estimate of drug-likeness (QED) is 0.892. The first-order chi connectivity index (χ1) is 8.47. The first-order valence-corrected chi connectivity index (χ1v) is 7.88. The molecule has 1 aromatic rings. The molecule has 1 fully saturated rings. The summed E-state index contributed by atoms with van der Waals surface area (Å²) in [6.07, 6.45) is 6.29. The van der Waals surface area contributed by atoms with Gasteiger partial charge in [-0.3, -0.25) is 0 Å². The molecule has 0 radical (unpaired) electrons. The number of hydrogen-bond donors (Lipinski definition) is 1. The third-order valence-electron chi connectivity index (χ3n) is 3.85. The van der Waals surface area contributed by atoms with Crippen LogP contribution in [0, 0.1) is 11.3 Å². The highest BCUT2D eigenvalue weighted by molar-refractivity contribution is 7.15. The predicted octanol–water partition coefficient (Wildman–Crippen LogP) is 4.12. The molecule has 0 aromatic carbocycles. The van der Waals surface area contributed by atoms with E-state index >= 15 is 0 Å². The lowest BCUT2D eigenvalue weighted by atomic mass is 9.73. The van der Waals surface area contributed by atoms with Gasteiger partial charge in [-0.25, -0.2) is 0 Å². The molecule has 1 unspecified atom stereocenters. The summed E-state index contributed by atoms with van der Waals surface area (Å²) in [6.45, 7) is 9.16. The van der Waals surface area contributed by atoms with E-state index in [0.717, 1.165) is 16.6 Å². The number of aromatic nitrogens is 2. The molecule has 1 atom stereocenters. The Kier molecular flexibility index (Phi) is 4.25. The maximum Gasteiger partial charge on any atom is 0.205 e. The molecule has 1 aliphatic carbocycles. The van der Waals surface area contributed by atoms with Gasteiger partial charge in [0.25, 0.3) is 0 Å². The SMILES string of the molecule is CC(C)Cc1nnc(NC2CCCCC2(C)C)s1. The van der Waals surface area contributed by atoms with Crippen molar-refractivity contribution in [3.05, 3.63) is 5.01 Å². The van der Waals surface area contributed by atoms with Crippen molar-refractivity contribution in [3.63, 3.8) is 0 Å². The average Bonchev–Trinajstić information content (AvgIpc) is 2.68. The molecule has 2 rings (SSSR count). The Morgan fingerprint density at radius 3 is 2.78 bits per heavy atom. The number of nitrogens with zero attached hydrogens (tertiary/aromatic N) is 2.